The Labute approximate surface area is 142 Å². The van der Waals surface area contributed by atoms with Crippen molar-refractivity contribution in [3.63, 3.8) is 0 Å². The normalized spacial score (nSPS) is 24.1. The number of hydrogen-bond acceptors (Lipinski definition) is 3. The molecule has 2 aliphatic heterocycles. The predicted molar refractivity (Wildman–Crippen MR) is 83.2 cm³/mol. The summed E-state index contributed by atoms with van der Waals surface area (Å²) in [7, 11) is 0. The molecule has 0 radical (unpaired) electrons. The molecule has 0 N–H and O–H groups in total. The van der Waals surface area contributed by atoms with Gasteiger partial charge in [-0.05, 0) is 13.0 Å². The van der Waals surface area contributed by atoms with Crippen LogP contribution in [0.2, 0.25) is 5.02 Å². The number of imide groups is 1. The number of benzene rings is 1. The van der Waals surface area contributed by atoms with Crippen LogP contribution < -0.4 is 9.64 Å². The molecular formula is C16H13ClF2N2O3. The van der Waals surface area contributed by atoms with E-state index >= 15 is 0 Å². The Balaban J connectivity index is 1.98. The van der Waals surface area contributed by atoms with Gasteiger partial charge in [-0.15, -0.1) is 6.42 Å². The highest BCUT2D eigenvalue weighted by molar-refractivity contribution is 6.32. The molecule has 8 heteroatoms. The summed E-state index contributed by atoms with van der Waals surface area (Å²) in [6.07, 6.45) is 3.24. The quantitative estimate of drug-likeness (QED) is 0.619. The average Bonchev–Trinajstić information content (AvgIpc) is 3.01. The molecule has 0 saturated carbocycles. The van der Waals surface area contributed by atoms with E-state index in [1.165, 1.54) is 0 Å². The summed E-state index contributed by atoms with van der Waals surface area (Å²) in [5.41, 5.74) is -0.293. The number of ether oxygens (including phenoxy) is 1. The van der Waals surface area contributed by atoms with Crippen molar-refractivity contribution in [2.45, 2.75) is 31.7 Å². The average molecular weight is 355 g/mol. The lowest BCUT2D eigenvalue weighted by Crippen LogP contribution is -2.35. The zero-order chi connectivity index (χ0) is 17.6. The Bertz CT molecular complexity index is 740. The lowest BCUT2D eigenvalue weighted by molar-refractivity contribution is -0.119. The third kappa shape index (κ3) is 2.57. The number of fused-ring (bicyclic) bond motifs is 1. The van der Waals surface area contributed by atoms with Gasteiger partial charge in [0, 0.05) is 12.5 Å². The second-order valence-corrected chi connectivity index (χ2v) is 6.03. The second kappa shape index (κ2) is 5.95. The molecule has 5 nitrogen and oxygen atoms in total. The molecule has 2 aliphatic rings. The van der Waals surface area contributed by atoms with E-state index in [0.29, 0.717) is 4.90 Å². The van der Waals surface area contributed by atoms with E-state index in [-0.39, 0.29) is 29.4 Å². The fraction of sp³-hybridized carbons (Fsp3) is 0.375. The summed E-state index contributed by atoms with van der Waals surface area (Å²) < 4.78 is 33.1. The number of halogens is 3. The van der Waals surface area contributed by atoms with Crippen molar-refractivity contribution in [3.05, 3.63) is 23.0 Å². The molecular weight excluding hydrogens is 342 g/mol. The van der Waals surface area contributed by atoms with Gasteiger partial charge in [0.2, 0.25) is 0 Å². The standard InChI is InChI=1S/C16H13ClF2N2O3/c1-3-8(2)24-14-6-12(11(19)5-10(14)17)21-15(22)13-4-9(18)7-20(13)16(21)23/h1,5-6,8-9,13H,4,7H2,2H3/t8?,9-,13+/m0/s1. The fourth-order valence-electron chi connectivity index (χ4n) is 2.83. The number of nitrogens with zero attached hydrogens (tertiary/aromatic N) is 2. The van der Waals surface area contributed by atoms with E-state index in [9.17, 15) is 18.4 Å². The Kier molecular flexibility index (Phi) is 4.10. The van der Waals surface area contributed by atoms with Crippen LogP contribution in [0.3, 0.4) is 0 Å². The van der Waals surface area contributed by atoms with Crippen LogP contribution in [0.1, 0.15) is 13.3 Å². The van der Waals surface area contributed by atoms with E-state index in [0.717, 1.165) is 17.0 Å². The van der Waals surface area contributed by atoms with Gasteiger partial charge in [-0.3, -0.25) is 4.79 Å². The minimum atomic E-state index is -1.25. The van der Waals surface area contributed by atoms with Crippen LogP contribution in [-0.2, 0) is 4.79 Å². The van der Waals surface area contributed by atoms with E-state index < -0.39 is 36.1 Å². The van der Waals surface area contributed by atoms with Crippen LogP contribution in [-0.4, -0.2) is 41.7 Å². The maximum absolute atomic E-state index is 14.3. The molecule has 1 aromatic rings. The number of urea groups is 1. The Morgan fingerprint density at radius 2 is 2.17 bits per heavy atom. The molecule has 3 rings (SSSR count). The largest absolute Gasteiger partial charge is 0.476 e. The van der Waals surface area contributed by atoms with Crippen molar-refractivity contribution in [2.75, 3.05) is 11.4 Å². The highest BCUT2D eigenvalue weighted by Gasteiger charge is 2.52. The summed E-state index contributed by atoms with van der Waals surface area (Å²) >= 11 is 5.91. The fourth-order valence-corrected chi connectivity index (χ4v) is 3.02. The van der Waals surface area contributed by atoms with Crippen molar-refractivity contribution >= 4 is 29.2 Å². The third-order valence-electron chi connectivity index (χ3n) is 3.97. The molecule has 3 atom stereocenters. The first-order valence-corrected chi connectivity index (χ1v) is 7.61. The van der Waals surface area contributed by atoms with Crippen LogP contribution in [0.5, 0.6) is 5.75 Å². The van der Waals surface area contributed by atoms with E-state index in [1.807, 2.05) is 0 Å². The topological polar surface area (TPSA) is 49.9 Å². The third-order valence-corrected chi connectivity index (χ3v) is 4.27. The minimum absolute atomic E-state index is 0.0400. The van der Waals surface area contributed by atoms with E-state index in [2.05, 4.69) is 5.92 Å². The Hall–Kier alpha value is -2.33. The maximum Gasteiger partial charge on any atom is 0.332 e. The first kappa shape index (κ1) is 16.5. The van der Waals surface area contributed by atoms with Gasteiger partial charge in [-0.1, -0.05) is 17.5 Å². The molecule has 2 fully saturated rings. The van der Waals surface area contributed by atoms with Crippen molar-refractivity contribution in [1.82, 2.24) is 4.90 Å². The number of hydrogen-bond donors (Lipinski definition) is 0. The number of rotatable bonds is 3. The predicted octanol–water partition coefficient (Wildman–Crippen LogP) is 2.76. The van der Waals surface area contributed by atoms with Crippen LogP contribution in [0.15, 0.2) is 12.1 Å². The second-order valence-electron chi connectivity index (χ2n) is 5.62. The van der Waals surface area contributed by atoms with Crippen molar-refractivity contribution in [1.29, 1.82) is 0 Å². The number of carbonyl (C=O) groups is 2. The van der Waals surface area contributed by atoms with E-state index in [1.54, 1.807) is 6.92 Å². The van der Waals surface area contributed by atoms with Gasteiger partial charge in [0.25, 0.3) is 5.91 Å². The maximum atomic E-state index is 14.3. The highest BCUT2D eigenvalue weighted by atomic mass is 35.5. The lowest BCUT2D eigenvalue weighted by atomic mass is 10.2. The number of alkyl halides is 1. The van der Waals surface area contributed by atoms with Gasteiger partial charge in [-0.25, -0.2) is 18.5 Å². The molecule has 3 amide bonds. The van der Waals surface area contributed by atoms with Gasteiger partial charge in [0.15, 0.2) is 6.10 Å². The Morgan fingerprint density at radius 1 is 1.46 bits per heavy atom. The van der Waals surface area contributed by atoms with E-state index in [4.69, 9.17) is 22.8 Å². The molecule has 0 bridgehead atoms. The van der Waals surface area contributed by atoms with Gasteiger partial charge >= 0.3 is 6.03 Å². The Morgan fingerprint density at radius 3 is 2.79 bits per heavy atom. The van der Waals surface area contributed by atoms with Gasteiger partial charge < -0.3 is 9.64 Å². The molecule has 0 aliphatic carbocycles. The summed E-state index contributed by atoms with van der Waals surface area (Å²) in [6.45, 7) is 1.40. The molecule has 24 heavy (non-hydrogen) atoms. The molecule has 2 saturated heterocycles. The zero-order valence-corrected chi connectivity index (χ0v) is 13.4. The number of amides is 3. The monoisotopic (exact) mass is 354 g/mol. The first-order valence-electron chi connectivity index (χ1n) is 7.24. The first-order chi connectivity index (χ1) is 11.3. The number of carbonyl (C=O) groups excluding carboxylic acids is 2. The van der Waals surface area contributed by atoms with Gasteiger partial charge in [-0.2, -0.15) is 0 Å². The van der Waals surface area contributed by atoms with Crippen molar-refractivity contribution < 1.29 is 23.1 Å². The summed E-state index contributed by atoms with van der Waals surface area (Å²) in [5.74, 6) is 0.848. The zero-order valence-electron chi connectivity index (χ0n) is 12.6. The number of terminal acetylenes is 1. The van der Waals surface area contributed by atoms with Crippen LogP contribution >= 0.6 is 11.6 Å². The molecule has 0 aromatic heterocycles. The van der Waals surface area contributed by atoms with Crippen LogP contribution in [0.4, 0.5) is 19.3 Å². The SMILES string of the molecule is C#CC(C)Oc1cc(N2C(=O)[C@H]3C[C@H](F)CN3C2=O)c(F)cc1Cl. The van der Waals surface area contributed by atoms with Crippen LogP contribution in [0, 0.1) is 18.2 Å². The van der Waals surface area contributed by atoms with Gasteiger partial charge in [0.1, 0.15) is 23.8 Å². The van der Waals surface area contributed by atoms with Gasteiger partial charge in [0.05, 0.1) is 17.3 Å². The summed E-state index contributed by atoms with van der Waals surface area (Å²) in [6, 6.07) is 0.423. The highest BCUT2D eigenvalue weighted by Crippen LogP contribution is 2.38. The number of anilines is 1. The lowest BCUT2D eigenvalue weighted by Gasteiger charge is -2.19. The molecule has 1 unspecified atom stereocenters. The smallest absolute Gasteiger partial charge is 0.332 e. The summed E-state index contributed by atoms with van der Waals surface area (Å²) in [4.78, 5) is 26.5. The summed E-state index contributed by atoms with van der Waals surface area (Å²) in [5, 5.41) is -0.0400. The molecule has 126 valence electrons. The van der Waals surface area contributed by atoms with Crippen molar-refractivity contribution in [3.8, 4) is 18.1 Å². The molecule has 2 heterocycles. The minimum Gasteiger partial charge on any atom is -0.476 e. The van der Waals surface area contributed by atoms with Crippen molar-refractivity contribution in [2.24, 2.45) is 0 Å². The molecule has 0 spiro atoms. The van der Waals surface area contributed by atoms with Crippen LogP contribution in [0.25, 0.3) is 0 Å². The molecule has 1 aromatic carbocycles.